The molecule has 0 radical (unpaired) electrons. The summed E-state index contributed by atoms with van der Waals surface area (Å²) in [6, 6.07) is 5.10. The van der Waals surface area contributed by atoms with E-state index in [1.807, 2.05) is 43.9 Å². The molecule has 1 aromatic carbocycles. The smallest absolute Gasteiger partial charge is 0.326 e. The lowest BCUT2D eigenvalue weighted by atomic mass is 10.1. The number of rotatable bonds is 6. The second-order valence-corrected chi connectivity index (χ2v) is 4.82. The monoisotopic (exact) mass is 269 g/mol. The lowest BCUT2D eigenvalue weighted by molar-refractivity contribution is -0.138. The molecule has 0 bridgehead atoms. The van der Waals surface area contributed by atoms with Crippen molar-refractivity contribution in [3.63, 3.8) is 0 Å². The predicted molar refractivity (Wildman–Crippen MR) is 75.5 cm³/mol. The van der Waals surface area contributed by atoms with Crippen LogP contribution in [0.1, 0.15) is 32.3 Å². The normalized spacial score (nSPS) is 12.2. The van der Waals surface area contributed by atoms with Gasteiger partial charge < -0.3 is 10.0 Å². The van der Waals surface area contributed by atoms with Gasteiger partial charge in [0.1, 0.15) is 6.04 Å². The molecule has 0 fully saturated rings. The third-order valence-corrected chi connectivity index (χ3v) is 3.23. The first-order valence-electron chi connectivity index (χ1n) is 6.26. The molecule has 0 spiro atoms. The number of carboxylic acids is 1. The van der Waals surface area contributed by atoms with Crippen LogP contribution in [0.3, 0.4) is 0 Å². The van der Waals surface area contributed by atoms with Crippen LogP contribution in [0.2, 0.25) is 5.02 Å². The van der Waals surface area contributed by atoms with E-state index in [9.17, 15) is 9.90 Å². The van der Waals surface area contributed by atoms with Crippen LogP contribution < -0.4 is 4.90 Å². The van der Waals surface area contributed by atoms with Crippen LogP contribution in [-0.4, -0.2) is 23.7 Å². The van der Waals surface area contributed by atoms with Crippen molar-refractivity contribution in [3.8, 4) is 0 Å². The minimum absolute atomic E-state index is 0.498. The van der Waals surface area contributed by atoms with Crippen molar-refractivity contribution in [2.75, 3.05) is 11.4 Å². The highest BCUT2D eigenvalue weighted by Gasteiger charge is 2.24. The number of aliphatic carboxylic acids is 1. The third kappa shape index (κ3) is 3.39. The third-order valence-electron chi connectivity index (χ3n) is 2.99. The molecule has 0 amide bonds. The number of benzene rings is 1. The van der Waals surface area contributed by atoms with E-state index < -0.39 is 12.0 Å². The number of halogens is 1. The second kappa shape index (κ2) is 6.64. The molecule has 0 aliphatic heterocycles. The predicted octanol–water partition coefficient (Wildman–Crippen LogP) is 3.73. The molecular formula is C14H20ClNO2. The molecule has 0 saturated heterocycles. The Balaban J connectivity index is 3.17. The van der Waals surface area contributed by atoms with Gasteiger partial charge in [-0.3, -0.25) is 0 Å². The molecule has 1 unspecified atom stereocenters. The lowest BCUT2D eigenvalue weighted by Gasteiger charge is -2.31. The van der Waals surface area contributed by atoms with Gasteiger partial charge in [0.05, 0.1) is 0 Å². The fraction of sp³-hybridized carbons (Fsp3) is 0.500. The van der Waals surface area contributed by atoms with E-state index in [-0.39, 0.29) is 0 Å². The summed E-state index contributed by atoms with van der Waals surface area (Å²) in [5, 5.41) is 9.95. The zero-order valence-electron chi connectivity index (χ0n) is 11.1. The average Bonchev–Trinajstić information content (AvgIpc) is 2.32. The zero-order valence-corrected chi connectivity index (χ0v) is 11.9. The minimum atomic E-state index is -0.787. The maximum atomic E-state index is 11.3. The number of aryl methyl sites for hydroxylation is 1. The number of hydrogen-bond acceptors (Lipinski definition) is 2. The Labute approximate surface area is 113 Å². The summed E-state index contributed by atoms with van der Waals surface area (Å²) in [6.45, 7) is 6.62. The van der Waals surface area contributed by atoms with Crippen LogP contribution >= 0.6 is 11.6 Å². The number of carbonyl (C=O) groups is 1. The van der Waals surface area contributed by atoms with Crippen molar-refractivity contribution in [1.29, 1.82) is 0 Å². The van der Waals surface area contributed by atoms with E-state index in [4.69, 9.17) is 11.6 Å². The van der Waals surface area contributed by atoms with Gasteiger partial charge in [-0.1, -0.05) is 31.5 Å². The van der Waals surface area contributed by atoms with Crippen molar-refractivity contribution in [3.05, 3.63) is 28.8 Å². The summed E-state index contributed by atoms with van der Waals surface area (Å²) in [6.07, 6.45) is 1.47. The van der Waals surface area contributed by atoms with E-state index in [1.54, 1.807) is 0 Å². The van der Waals surface area contributed by atoms with E-state index >= 15 is 0 Å². The summed E-state index contributed by atoms with van der Waals surface area (Å²) in [5.74, 6) is -0.787. The first-order valence-corrected chi connectivity index (χ1v) is 6.64. The van der Waals surface area contributed by atoms with E-state index in [1.165, 1.54) is 0 Å². The van der Waals surface area contributed by atoms with Gasteiger partial charge in [-0.2, -0.15) is 0 Å². The van der Waals surface area contributed by atoms with Gasteiger partial charge >= 0.3 is 5.97 Å². The zero-order chi connectivity index (χ0) is 13.7. The molecule has 0 aliphatic rings. The fourth-order valence-electron chi connectivity index (χ4n) is 2.11. The maximum absolute atomic E-state index is 11.3. The standard InChI is InChI=1S/C14H20ClNO2/c1-4-8-16(12(5-2)14(17)18)13-9-11(15)7-6-10(13)3/h6-7,9,12H,4-5,8H2,1-3H3,(H,17,18). The van der Waals surface area contributed by atoms with E-state index in [0.717, 1.165) is 17.7 Å². The van der Waals surface area contributed by atoms with Gasteiger partial charge in [0.25, 0.3) is 0 Å². The van der Waals surface area contributed by atoms with E-state index in [0.29, 0.717) is 18.0 Å². The molecule has 3 nitrogen and oxygen atoms in total. The maximum Gasteiger partial charge on any atom is 0.326 e. The van der Waals surface area contributed by atoms with Crippen LogP contribution in [0.5, 0.6) is 0 Å². The number of hydrogen-bond donors (Lipinski definition) is 1. The Morgan fingerprint density at radius 2 is 2.11 bits per heavy atom. The quantitative estimate of drug-likeness (QED) is 0.855. The Kier molecular flexibility index (Phi) is 5.48. The number of carboxylic acid groups (broad SMARTS) is 1. The van der Waals surface area contributed by atoms with Gasteiger partial charge in [-0.05, 0) is 37.5 Å². The Bertz CT molecular complexity index is 420. The van der Waals surface area contributed by atoms with Crippen molar-refractivity contribution in [2.24, 2.45) is 0 Å². The minimum Gasteiger partial charge on any atom is -0.480 e. The first kappa shape index (κ1) is 14.8. The molecule has 1 rings (SSSR count). The van der Waals surface area contributed by atoms with Crippen molar-refractivity contribution < 1.29 is 9.90 Å². The van der Waals surface area contributed by atoms with Gasteiger partial charge in [0.15, 0.2) is 0 Å². The Morgan fingerprint density at radius 3 is 2.61 bits per heavy atom. The topological polar surface area (TPSA) is 40.5 Å². The Morgan fingerprint density at radius 1 is 1.44 bits per heavy atom. The fourth-order valence-corrected chi connectivity index (χ4v) is 2.27. The van der Waals surface area contributed by atoms with Gasteiger partial charge in [0, 0.05) is 17.3 Å². The van der Waals surface area contributed by atoms with Crippen molar-refractivity contribution >= 4 is 23.3 Å². The number of nitrogens with zero attached hydrogens (tertiary/aromatic N) is 1. The van der Waals surface area contributed by atoms with E-state index in [2.05, 4.69) is 0 Å². The Hall–Kier alpha value is -1.22. The van der Waals surface area contributed by atoms with Crippen molar-refractivity contribution in [1.82, 2.24) is 0 Å². The molecule has 0 saturated carbocycles. The molecule has 1 N–H and O–H groups in total. The van der Waals surface area contributed by atoms with Crippen LogP contribution in [0.25, 0.3) is 0 Å². The summed E-state index contributed by atoms with van der Waals surface area (Å²) in [5.41, 5.74) is 1.96. The van der Waals surface area contributed by atoms with Gasteiger partial charge in [-0.15, -0.1) is 0 Å². The first-order chi connectivity index (χ1) is 8.51. The second-order valence-electron chi connectivity index (χ2n) is 4.39. The highest BCUT2D eigenvalue weighted by atomic mass is 35.5. The lowest BCUT2D eigenvalue weighted by Crippen LogP contribution is -2.41. The molecular weight excluding hydrogens is 250 g/mol. The van der Waals surface area contributed by atoms with Gasteiger partial charge in [0.2, 0.25) is 0 Å². The molecule has 0 aliphatic carbocycles. The van der Waals surface area contributed by atoms with Crippen LogP contribution in [0.15, 0.2) is 18.2 Å². The molecule has 100 valence electrons. The van der Waals surface area contributed by atoms with Crippen LogP contribution in [0.4, 0.5) is 5.69 Å². The van der Waals surface area contributed by atoms with Crippen LogP contribution in [-0.2, 0) is 4.79 Å². The average molecular weight is 270 g/mol. The molecule has 4 heteroatoms. The number of anilines is 1. The highest BCUT2D eigenvalue weighted by Crippen LogP contribution is 2.27. The summed E-state index contributed by atoms with van der Waals surface area (Å²) in [4.78, 5) is 13.3. The molecule has 0 heterocycles. The SMILES string of the molecule is CCCN(c1cc(Cl)ccc1C)C(CC)C(=O)O. The molecule has 18 heavy (non-hydrogen) atoms. The largest absolute Gasteiger partial charge is 0.480 e. The summed E-state index contributed by atoms with van der Waals surface area (Å²) in [7, 11) is 0. The molecule has 1 atom stereocenters. The summed E-state index contributed by atoms with van der Waals surface area (Å²) >= 11 is 6.01. The summed E-state index contributed by atoms with van der Waals surface area (Å²) < 4.78 is 0. The van der Waals surface area contributed by atoms with Crippen molar-refractivity contribution in [2.45, 2.75) is 39.7 Å². The van der Waals surface area contributed by atoms with Gasteiger partial charge in [-0.25, -0.2) is 4.79 Å². The van der Waals surface area contributed by atoms with Crippen LogP contribution in [0, 0.1) is 6.92 Å². The molecule has 1 aromatic rings. The highest BCUT2D eigenvalue weighted by molar-refractivity contribution is 6.30. The molecule has 0 aromatic heterocycles.